The second kappa shape index (κ2) is 7.80. The molecule has 0 aliphatic rings. The molecular formula is C15H21NO. The van der Waals surface area contributed by atoms with Crippen LogP contribution in [0.1, 0.15) is 18.4 Å². The molecule has 0 fully saturated rings. The second-order valence-electron chi connectivity index (χ2n) is 4.43. The Morgan fingerprint density at radius 1 is 1.35 bits per heavy atom. The van der Waals surface area contributed by atoms with Crippen molar-refractivity contribution in [2.45, 2.75) is 19.4 Å². The summed E-state index contributed by atoms with van der Waals surface area (Å²) in [4.78, 5) is 13.0. The van der Waals surface area contributed by atoms with E-state index in [1.807, 2.05) is 12.1 Å². The molecule has 0 spiro atoms. The van der Waals surface area contributed by atoms with Crippen LogP contribution >= 0.6 is 0 Å². The third kappa shape index (κ3) is 5.45. The maximum absolute atomic E-state index is 10.8. The number of nitrogens with zero attached hydrogens (tertiary/aromatic N) is 1. The van der Waals surface area contributed by atoms with Gasteiger partial charge in [0.25, 0.3) is 0 Å². The molecule has 17 heavy (non-hydrogen) atoms. The molecule has 0 radical (unpaired) electrons. The van der Waals surface area contributed by atoms with E-state index in [1.165, 1.54) is 5.56 Å². The predicted octanol–water partition coefficient (Wildman–Crippen LogP) is 2.90. The van der Waals surface area contributed by atoms with Crippen molar-refractivity contribution in [3.05, 3.63) is 48.6 Å². The Bertz CT molecular complexity index is 334. The Labute approximate surface area is 104 Å². The van der Waals surface area contributed by atoms with Gasteiger partial charge in [-0.3, -0.25) is 0 Å². The van der Waals surface area contributed by atoms with Gasteiger partial charge in [0.2, 0.25) is 0 Å². The van der Waals surface area contributed by atoms with Crippen LogP contribution in [0.3, 0.4) is 0 Å². The largest absolute Gasteiger partial charge is 0.303 e. The summed E-state index contributed by atoms with van der Waals surface area (Å²) in [6, 6.07) is 10.4. The molecule has 0 aliphatic heterocycles. The van der Waals surface area contributed by atoms with E-state index in [2.05, 4.69) is 42.8 Å². The van der Waals surface area contributed by atoms with E-state index in [1.54, 1.807) is 0 Å². The molecule has 1 aromatic rings. The molecule has 0 N–H and O–H groups in total. The summed E-state index contributed by atoms with van der Waals surface area (Å²) in [5.41, 5.74) is 1.31. The van der Waals surface area contributed by atoms with E-state index in [4.69, 9.17) is 0 Å². The molecular weight excluding hydrogens is 210 g/mol. The number of aldehydes is 1. The number of allylic oxidation sites excluding steroid dienone is 1. The molecule has 0 amide bonds. The molecule has 0 aromatic heterocycles. The summed E-state index contributed by atoms with van der Waals surface area (Å²) in [5, 5.41) is 0. The van der Waals surface area contributed by atoms with Crippen LogP contribution in [0.2, 0.25) is 0 Å². The first-order chi connectivity index (χ1) is 8.26. The zero-order valence-electron chi connectivity index (χ0n) is 10.5. The highest BCUT2D eigenvalue weighted by Gasteiger charge is 2.07. The van der Waals surface area contributed by atoms with E-state index in [9.17, 15) is 4.79 Å². The van der Waals surface area contributed by atoms with Crippen LogP contribution in [-0.2, 0) is 11.3 Å². The zero-order valence-corrected chi connectivity index (χ0v) is 10.5. The van der Waals surface area contributed by atoms with Gasteiger partial charge in [0.05, 0.1) is 0 Å². The zero-order chi connectivity index (χ0) is 12.5. The van der Waals surface area contributed by atoms with Gasteiger partial charge in [0.1, 0.15) is 6.29 Å². The van der Waals surface area contributed by atoms with Crippen molar-refractivity contribution in [1.82, 2.24) is 4.90 Å². The molecule has 0 aliphatic carbocycles. The fraction of sp³-hybridized carbons (Fsp3) is 0.400. The fourth-order valence-corrected chi connectivity index (χ4v) is 1.82. The van der Waals surface area contributed by atoms with Crippen LogP contribution < -0.4 is 0 Å². The van der Waals surface area contributed by atoms with Crippen molar-refractivity contribution in [3.8, 4) is 0 Å². The number of benzene rings is 1. The van der Waals surface area contributed by atoms with Gasteiger partial charge < -0.3 is 9.69 Å². The molecule has 92 valence electrons. The number of hydrogen-bond acceptors (Lipinski definition) is 2. The maximum Gasteiger partial charge on any atom is 0.123 e. The Kier molecular flexibility index (Phi) is 6.26. The summed E-state index contributed by atoms with van der Waals surface area (Å²) >= 11 is 0. The molecule has 0 heterocycles. The first kappa shape index (κ1) is 13.7. The minimum absolute atomic E-state index is 0.116. The molecule has 2 nitrogen and oxygen atoms in total. The number of rotatable bonds is 8. The summed E-state index contributed by atoms with van der Waals surface area (Å²) in [6.07, 6.45) is 4.54. The lowest BCUT2D eigenvalue weighted by molar-refractivity contribution is -0.111. The van der Waals surface area contributed by atoms with Crippen molar-refractivity contribution < 1.29 is 4.79 Å². The third-order valence-electron chi connectivity index (χ3n) is 2.84. The molecule has 1 rings (SSSR count). The Morgan fingerprint density at radius 2 is 2.06 bits per heavy atom. The minimum atomic E-state index is 0.116. The van der Waals surface area contributed by atoms with Gasteiger partial charge >= 0.3 is 0 Å². The SMILES string of the molecule is C=CC[C@@H](C=O)CCN(C)Cc1ccccc1. The fourth-order valence-electron chi connectivity index (χ4n) is 1.82. The monoisotopic (exact) mass is 231 g/mol. The van der Waals surface area contributed by atoms with E-state index < -0.39 is 0 Å². The van der Waals surface area contributed by atoms with Crippen LogP contribution in [0, 0.1) is 5.92 Å². The Hall–Kier alpha value is -1.41. The smallest absolute Gasteiger partial charge is 0.123 e. The quantitative estimate of drug-likeness (QED) is 0.506. The molecule has 0 bridgehead atoms. The first-order valence-corrected chi connectivity index (χ1v) is 6.05. The Balaban J connectivity index is 2.32. The molecule has 0 unspecified atom stereocenters. The predicted molar refractivity (Wildman–Crippen MR) is 71.8 cm³/mol. The van der Waals surface area contributed by atoms with Gasteiger partial charge in [-0.15, -0.1) is 6.58 Å². The summed E-state index contributed by atoms with van der Waals surface area (Å²) in [6.45, 7) is 5.54. The van der Waals surface area contributed by atoms with Gasteiger partial charge in [-0.25, -0.2) is 0 Å². The number of carbonyl (C=O) groups is 1. The average Bonchev–Trinajstić information content (AvgIpc) is 2.35. The molecule has 0 saturated carbocycles. The number of carbonyl (C=O) groups excluding carboxylic acids is 1. The lowest BCUT2D eigenvalue weighted by Gasteiger charge is -2.18. The van der Waals surface area contributed by atoms with Gasteiger partial charge in [0, 0.05) is 12.5 Å². The van der Waals surface area contributed by atoms with Crippen molar-refractivity contribution in [3.63, 3.8) is 0 Å². The maximum atomic E-state index is 10.8. The summed E-state index contributed by atoms with van der Waals surface area (Å²) in [7, 11) is 2.09. The van der Waals surface area contributed by atoms with Crippen molar-refractivity contribution >= 4 is 6.29 Å². The standard InChI is InChI=1S/C15H21NO/c1-3-7-15(13-17)10-11-16(2)12-14-8-5-4-6-9-14/h3-6,8-9,13,15H,1,7,10-12H2,2H3/t15-/m1/s1. The molecule has 1 atom stereocenters. The first-order valence-electron chi connectivity index (χ1n) is 6.05. The average molecular weight is 231 g/mol. The Morgan fingerprint density at radius 3 is 2.65 bits per heavy atom. The van der Waals surface area contributed by atoms with Crippen LogP contribution in [-0.4, -0.2) is 24.8 Å². The lowest BCUT2D eigenvalue weighted by atomic mass is 10.0. The van der Waals surface area contributed by atoms with Crippen molar-refractivity contribution in [2.75, 3.05) is 13.6 Å². The number of hydrogen-bond donors (Lipinski definition) is 0. The summed E-state index contributed by atoms with van der Waals surface area (Å²) in [5.74, 6) is 0.116. The lowest BCUT2D eigenvalue weighted by Crippen LogP contribution is -2.21. The highest BCUT2D eigenvalue weighted by atomic mass is 16.1. The van der Waals surface area contributed by atoms with Gasteiger partial charge in [-0.05, 0) is 32.0 Å². The van der Waals surface area contributed by atoms with Crippen LogP contribution in [0.25, 0.3) is 0 Å². The van der Waals surface area contributed by atoms with Crippen molar-refractivity contribution in [2.24, 2.45) is 5.92 Å². The van der Waals surface area contributed by atoms with E-state index in [0.29, 0.717) is 0 Å². The van der Waals surface area contributed by atoms with Crippen LogP contribution in [0.4, 0.5) is 0 Å². The van der Waals surface area contributed by atoms with E-state index >= 15 is 0 Å². The summed E-state index contributed by atoms with van der Waals surface area (Å²) < 4.78 is 0. The topological polar surface area (TPSA) is 20.3 Å². The van der Waals surface area contributed by atoms with E-state index in [-0.39, 0.29) is 5.92 Å². The normalized spacial score (nSPS) is 12.4. The van der Waals surface area contributed by atoms with Crippen LogP contribution in [0.15, 0.2) is 43.0 Å². The molecule has 2 heteroatoms. The highest BCUT2D eigenvalue weighted by molar-refractivity contribution is 5.53. The van der Waals surface area contributed by atoms with Crippen molar-refractivity contribution in [1.29, 1.82) is 0 Å². The minimum Gasteiger partial charge on any atom is -0.303 e. The van der Waals surface area contributed by atoms with E-state index in [0.717, 1.165) is 32.2 Å². The molecule has 0 saturated heterocycles. The molecule has 1 aromatic carbocycles. The van der Waals surface area contributed by atoms with Gasteiger partial charge in [-0.2, -0.15) is 0 Å². The van der Waals surface area contributed by atoms with Gasteiger partial charge in [0.15, 0.2) is 0 Å². The second-order valence-corrected chi connectivity index (χ2v) is 4.43. The highest BCUT2D eigenvalue weighted by Crippen LogP contribution is 2.09. The van der Waals surface area contributed by atoms with Gasteiger partial charge in [-0.1, -0.05) is 36.4 Å². The van der Waals surface area contributed by atoms with Crippen LogP contribution in [0.5, 0.6) is 0 Å². The third-order valence-corrected chi connectivity index (χ3v) is 2.84.